The van der Waals surface area contributed by atoms with Gasteiger partial charge in [-0.05, 0) is 36.6 Å². The second kappa shape index (κ2) is 9.34. The number of aromatic nitrogens is 1. The number of nitriles is 1. The van der Waals surface area contributed by atoms with Gasteiger partial charge in [0.05, 0.1) is 10.6 Å². The Morgan fingerprint density at radius 2 is 1.77 bits per heavy atom. The van der Waals surface area contributed by atoms with Crippen LogP contribution in [0.4, 0.5) is 11.5 Å². The fourth-order valence-electron chi connectivity index (χ4n) is 3.71. The number of nitrogens with two attached hydrogens (primary N) is 3. The van der Waals surface area contributed by atoms with Gasteiger partial charge in [-0.1, -0.05) is 42.0 Å². The number of carbonyl (C=O) groups is 1. The highest BCUT2D eigenvalue weighted by Crippen LogP contribution is 2.42. The van der Waals surface area contributed by atoms with Gasteiger partial charge in [-0.25, -0.2) is 18.5 Å². The number of fused-ring (bicyclic) bond motifs is 1. The number of sulfonamides is 1. The van der Waals surface area contributed by atoms with Crippen LogP contribution in [0.5, 0.6) is 0 Å². The van der Waals surface area contributed by atoms with E-state index in [9.17, 15) is 18.5 Å². The molecule has 2 heterocycles. The largest absolute Gasteiger partial charge is 0.397 e. The molecule has 2 aromatic heterocycles. The predicted octanol–water partition coefficient (Wildman–Crippen LogP) is 2.93. The number of hydrogen-bond acceptors (Lipinski definition) is 8. The summed E-state index contributed by atoms with van der Waals surface area (Å²) in [6, 6.07) is 15.8. The molecule has 0 bridgehead atoms. The van der Waals surface area contributed by atoms with Gasteiger partial charge < -0.3 is 16.8 Å². The van der Waals surface area contributed by atoms with Gasteiger partial charge in [0.15, 0.2) is 0 Å². The predicted molar refractivity (Wildman–Crippen MR) is 137 cm³/mol. The van der Waals surface area contributed by atoms with Gasteiger partial charge in [0.25, 0.3) is 5.91 Å². The Kier molecular flexibility index (Phi) is 6.45. The van der Waals surface area contributed by atoms with E-state index < -0.39 is 10.0 Å². The lowest BCUT2D eigenvalue weighted by Crippen LogP contribution is -2.25. The Balaban J connectivity index is 1.62. The molecule has 0 spiro atoms. The smallest absolute Gasteiger partial charge is 0.263 e. The number of aryl methyl sites for hydroxylation is 1. The minimum atomic E-state index is -3.76. The van der Waals surface area contributed by atoms with Crippen molar-refractivity contribution in [3.8, 4) is 17.2 Å². The van der Waals surface area contributed by atoms with Gasteiger partial charge in [-0.3, -0.25) is 4.79 Å². The van der Waals surface area contributed by atoms with E-state index in [-0.39, 0.29) is 32.7 Å². The number of carbonyl (C=O) groups excluding carboxylic acids is 1. The van der Waals surface area contributed by atoms with Crippen LogP contribution in [0.15, 0.2) is 53.4 Å². The highest BCUT2D eigenvalue weighted by atomic mass is 32.2. The van der Waals surface area contributed by atoms with Gasteiger partial charge in [0, 0.05) is 17.5 Å². The van der Waals surface area contributed by atoms with Crippen molar-refractivity contribution in [2.45, 2.75) is 18.2 Å². The summed E-state index contributed by atoms with van der Waals surface area (Å²) in [7, 11) is -3.76. The zero-order valence-electron chi connectivity index (χ0n) is 18.7. The molecule has 0 saturated carbocycles. The molecule has 0 aliphatic carbocycles. The van der Waals surface area contributed by atoms with Crippen LogP contribution in [0.2, 0.25) is 0 Å². The Morgan fingerprint density at radius 1 is 1.11 bits per heavy atom. The van der Waals surface area contributed by atoms with Crippen molar-refractivity contribution in [1.82, 2.24) is 10.3 Å². The third-order valence-electron chi connectivity index (χ3n) is 5.51. The first-order valence-electron chi connectivity index (χ1n) is 10.5. The first-order valence-corrected chi connectivity index (χ1v) is 12.8. The third-order valence-corrected chi connectivity index (χ3v) is 7.54. The summed E-state index contributed by atoms with van der Waals surface area (Å²) < 4.78 is 22.8. The summed E-state index contributed by atoms with van der Waals surface area (Å²) in [6.07, 6.45) is 0.472. The number of benzene rings is 2. The number of primary sulfonamides is 1. The van der Waals surface area contributed by atoms with Crippen molar-refractivity contribution in [3.63, 3.8) is 0 Å². The molecule has 0 fully saturated rings. The number of nitrogen functional groups attached to an aromatic ring is 2. The molecule has 2 aromatic carbocycles. The summed E-state index contributed by atoms with van der Waals surface area (Å²) in [5.41, 5.74) is 16.1. The fraction of sp³-hybridized carbons (Fsp3) is 0.125. The minimum absolute atomic E-state index is 0.0243. The molecule has 7 N–H and O–H groups in total. The standard InChI is InChI=1S/C24H22N6O3S2/c1-13-2-6-15(7-3-13)18-17(12-25)22(27)30-24-19(18)20(26)21(34-24)23(31)29-11-10-14-4-8-16(9-5-14)35(28,32)33/h2-9H,10-11,26H2,1H3,(H2,27,30)(H,29,31)(H2,28,32,33). The Labute approximate surface area is 206 Å². The lowest BCUT2D eigenvalue weighted by atomic mass is 9.96. The van der Waals surface area contributed by atoms with Gasteiger partial charge in [-0.2, -0.15) is 5.26 Å². The number of rotatable bonds is 6. The van der Waals surface area contributed by atoms with Crippen LogP contribution in [-0.4, -0.2) is 25.9 Å². The molecule has 0 aliphatic rings. The summed E-state index contributed by atoms with van der Waals surface area (Å²) in [5, 5.41) is 18.2. The number of pyridine rings is 1. The van der Waals surface area contributed by atoms with E-state index >= 15 is 0 Å². The van der Waals surface area contributed by atoms with E-state index in [1.807, 2.05) is 31.2 Å². The number of anilines is 2. The molecule has 0 radical (unpaired) electrons. The number of thiophene rings is 1. The van der Waals surface area contributed by atoms with Crippen LogP contribution in [0.3, 0.4) is 0 Å². The zero-order chi connectivity index (χ0) is 25.3. The van der Waals surface area contributed by atoms with Crippen LogP contribution in [0, 0.1) is 18.3 Å². The normalized spacial score (nSPS) is 11.3. The maximum absolute atomic E-state index is 12.9. The molecule has 0 saturated heterocycles. The van der Waals surface area contributed by atoms with Gasteiger partial charge >= 0.3 is 0 Å². The molecule has 0 atom stereocenters. The molecule has 11 heteroatoms. The third kappa shape index (κ3) is 4.81. The lowest BCUT2D eigenvalue weighted by molar-refractivity contribution is 0.0959. The Morgan fingerprint density at radius 3 is 2.37 bits per heavy atom. The average molecular weight is 507 g/mol. The van der Waals surface area contributed by atoms with Crippen LogP contribution in [0.25, 0.3) is 21.3 Å². The molecular formula is C24H22N6O3S2. The number of hydrogen-bond donors (Lipinski definition) is 4. The monoisotopic (exact) mass is 506 g/mol. The molecule has 1 amide bonds. The van der Waals surface area contributed by atoms with Crippen LogP contribution in [0.1, 0.15) is 26.4 Å². The van der Waals surface area contributed by atoms with Crippen molar-refractivity contribution < 1.29 is 13.2 Å². The molecule has 178 valence electrons. The number of amides is 1. The van der Waals surface area contributed by atoms with E-state index in [1.54, 1.807) is 12.1 Å². The molecule has 0 unspecified atom stereocenters. The van der Waals surface area contributed by atoms with E-state index in [2.05, 4.69) is 16.4 Å². The summed E-state index contributed by atoms with van der Waals surface area (Å²) >= 11 is 1.11. The van der Waals surface area contributed by atoms with E-state index in [0.29, 0.717) is 28.7 Å². The van der Waals surface area contributed by atoms with Crippen molar-refractivity contribution in [1.29, 1.82) is 5.26 Å². The van der Waals surface area contributed by atoms with Crippen molar-refractivity contribution in [3.05, 3.63) is 70.1 Å². The van der Waals surface area contributed by atoms with Crippen molar-refractivity contribution in [2.75, 3.05) is 18.0 Å². The van der Waals surface area contributed by atoms with Crippen LogP contribution < -0.4 is 21.9 Å². The Hall–Kier alpha value is -3.98. The van der Waals surface area contributed by atoms with Crippen molar-refractivity contribution >= 4 is 49.0 Å². The first-order chi connectivity index (χ1) is 16.6. The lowest BCUT2D eigenvalue weighted by Gasteiger charge is -2.10. The second-order valence-corrected chi connectivity index (χ2v) is 10.5. The van der Waals surface area contributed by atoms with Crippen molar-refractivity contribution in [2.24, 2.45) is 5.14 Å². The van der Waals surface area contributed by atoms with E-state index in [0.717, 1.165) is 28.0 Å². The van der Waals surface area contributed by atoms with Crippen LogP contribution in [-0.2, 0) is 16.4 Å². The molecule has 4 aromatic rings. The maximum Gasteiger partial charge on any atom is 0.263 e. The van der Waals surface area contributed by atoms with E-state index in [1.165, 1.54) is 12.1 Å². The average Bonchev–Trinajstić information content (AvgIpc) is 3.14. The number of nitrogens with zero attached hydrogens (tertiary/aromatic N) is 2. The van der Waals surface area contributed by atoms with Gasteiger partial charge in [0.2, 0.25) is 10.0 Å². The minimum Gasteiger partial charge on any atom is -0.397 e. The van der Waals surface area contributed by atoms with Gasteiger partial charge in [-0.15, -0.1) is 11.3 Å². The molecule has 0 aliphatic heterocycles. The maximum atomic E-state index is 12.9. The highest BCUT2D eigenvalue weighted by molar-refractivity contribution is 7.89. The Bertz CT molecular complexity index is 1590. The first kappa shape index (κ1) is 24.2. The molecule has 9 nitrogen and oxygen atoms in total. The molecule has 4 rings (SSSR count). The number of nitrogens with one attached hydrogen (secondary N) is 1. The zero-order valence-corrected chi connectivity index (χ0v) is 20.3. The van der Waals surface area contributed by atoms with Crippen LogP contribution >= 0.6 is 11.3 Å². The molecule has 35 heavy (non-hydrogen) atoms. The quantitative estimate of drug-likeness (QED) is 0.310. The molecular weight excluding hydrogens is 484 g/mol. The topological polar surface area (TPSA) is 178 Å². The second-order valence-electron chi connectivity index (χ2n) is 7.94. The summed E-state index contributed by atoms with van der Waals surface area (Å²) in [5.74, 6) is -0.301. The van der Waals surface area contributed by atoms with E-state index in [4.69, 9.17) is 16.6 Å². The SMILES string of the molecule is Cc1ccc(-c2c(C#N)c(N)nc3sc(C(=O)NCCc4ccc(S(N)(=O)=O)cc4)c(N)c23)cc1. The summed E-state index contributed by atoms with van der Waals surface area (Å²) in [4.78, 5) is 18.0. The van der Waals surface area contributed by atoms with Gasteiger partial charge in [0.1, 0.15) is 27.2 Å². The fourth-order valence-corrected chi connectivity index (χ4v) is 5.25. The summed E-state index contributed by atoms with van der Waals surface area (Å²) in [6.45, 7) is 2.26. The highest BCUT2D eigenvalue weighted by Gasteiger charge is 2.24.